The number of benzene rings is 2. The second kappa shape index (κ2) is 8.05. The number of amides is 1. The molecule has 0 fully saturated rings. The summed E-state index contributed by atoms with van der Waals surface area (Å²) in [6, 6.07) is 11.2. The minimum atomic E-state index is -0.977. The number of nitrogens with zero attached hydrogens (tertiary/aromatic N) is 5. The Morgan fingerprint density at radius 2 is 1.94 bits per heavy atom. The van der Waals surface area contributed by atoms with Crippen LogP contribution in [0.3, 0.4) is 0 Å². The third kappa shape index (κ3) is 3.59. The predicted octanol–water partition coefficient (Wildman–Crippen LogP) is 3.79. The Morgan fingerprint density at radius 1 is 1.15 bits per heavy atom. The van der Waals surface area contributed by atoms with Gasteiger partial charge < -0.3 is 10.1 Å². The van der Waals surface area contributed by atoms with Crippen LogP contribution in [0.1, 0.15) is 29.2 Å². The number of ether oxygens (including phenoxy) is 1. The van der Waals surface area contributed by atoms with E-state index in [9.17, 15) is 13.6 Å². The van der Waals surface area contributed by atoms with E-state index in [0.717, 1.165) is 11.6 Å². The Bertz CT molecular complexity index is 1370. The van der Waals surface area contributed by atoms with Crippen molar-refractivity contribution >= 4 is 11.7 Å². The molecule has 8 nitrogen and oxygen atoms in total. The third-order valence-electron chi connectivity index (χ3n) is 5.58. The second-order valence-corrected chi connectivity index (χ2v) is 7.58. The molecule has 10 heteroatoms. The van der Waals surface area contributed by atoms with Gasteiger partial charge in [-0.15, -0.1) is 5.10 Å². The molecular formula is C23H18F2N6O2. The molecule has 2 aromatic carbocycles. The highest BCUT2D eigenvalue weighted by atomic mass is 19.2. The fraction of sp³-hybridized carbons (Fsp3) is 0.174. The van der Waals surface area contributed by atoms with Gasteiger partial charge in [0.1, 0.15) is 11.6 Å². The number of carbonyl (C=O) groups excluding carboxylic acids is 1. The van der Waals surface area contributed by atoms with Gasteiger partial charge in [0.2, 0.25) is 5.91 Å². The SMILES string of the molecule is COc1ccc(-c2cnnc(-n3nc(C)c4c3NC(=O)CC4c3cccc(F)c3F)n2)cc1. The van der Waals surface area contributed by atoms with E-state index in [1.807, 2.05) is 12.1 Å². The smallest absolute Gasteiger partial charge is 0.272 e. The summed E-state index contributed by atoms with van der Waals surface area (Å²) in [6.07, 6.45) is 1.47. The summed E-state index contributed by atoms with van der Waals surface area (Å²) in [5.74, 6) is -1.84. The summed E-state index contributed by atoms with van der Waals surface area (Å²) in [6.45, 7) is 1.73. The molecule has 0 saturated carbocycles. The van der Waals surface area contributed by atoms with E-state index in [2.05, 4.69) is 25.6 Å². The molecule has 1 aliphatic rings. The lowest BCUT2D eigenvalue weighted by atomic mass is 9.85. The first kappa shape index (κ1) is 20.7. The van der Waals surface area contributed by atoms with Gasteiger partial charge in [0, 0.05) is 23.5 Å². The first-order valence-corrected chi connectivity index (χ1v) is 10.1. The molecule has 33 heavy (non-hydrogen) atoms. The fourth-order valence-electron chi connectivity index (χ4n) is 4.03. The number of anilines is 1. The van der Waals surface area contributed by atoms with Gasteiger partial charge in [-0.05, 0) is 42.8 Å². The number of halogens is 2. The highest BCUT2D eigenvalue weighted by Crippen LogP contribution is 2.41. The zero-order chi connectivity index (χ0) is 23.1. The van der Waals surface area contributed by atoms with Gasteiger partial charge in [-0.3, -0.25) is 4.79 Å². The molecule has 166 valence electrons. The number of methoxy groups -OCH3 is 1. The van der Waals surface area contributed by atoms with Crippen LogP contribution in [0.4, 0.5) is 14.6 Å². The maximum absolute atomic E-state index is 14.6. The van der Waals surface area contributed by atoms with Crippen molar-refractivity contribution < 1.29 is 18.3 Å². The molecule has 2 aromatic heterocycles. The summed E-state index contributed by atoms with van der Waals surface area (Å²) >= 11 is 0. The van der Waals surface area contributed by atoms with E-state index in [1.165, 1.54) is 23.0 Å². The molecule has 1 unspecified atom stereocenters. The number of rotatable bonds is 4. The first-order valence-electron chi connectivity index (χ1n) is 10.1. The molecule has 1 N–H and O–H groups in total. The van der Waals surface area contributed by atoms with Crippen LogP contribution in [0, 0.1) is 18.6 Å². The van der Waals surface area contributed by atoms with Crippen molar-refractivity contribution in [3.63, 3.8) is 0 Å². The van der Waals surface area contributed by atoms with Crippen molar-refractivity contribution in [1.82, 2.24) is 25.0 Å². The summed E-state index contributed by atoms with van der Waals surface area (Å²) < 4.78 is 35.0. The average Bonchev–Trinajstić information content (AvgIpc) is 3.16. The largest absolute Gasteiger partial charge is 0.497 e. The van der Waals surface area contributed by atoms with Gasteiger partial charge in [0.15, 0.2) is 11.6 Å². The summed E-state index contributed by atoms with van der Waals surface area (Å²) in [5.41, 5.74) is 2.54. The maximum atomic E-state index is 14.6. The van der Waals surface area contributed by atoms with Gasteiger partial charge in [0.05, 0.1) is 24.7 Å². The molecule has 0 bridgehead atoms. The maximum Gasteiger partial charge on any atom is 0.272 e. The van der Waals surface area contributed by atoms with E-state index in [4.69, 9.17) is 4.74 Å². The van der Waals surface area contributed by atoms with Gasteiger partial charge in [0.25, 0.3) is 5.95 Å². The number of nitrogens with one attached hydrogen (secondary N) is 1. The van der Waals surface area contributed by atoms with E-state index in [-0.39, 0.29) is 23.8 Å². The molecule has 4 aromatic rings. The Labute approximate surface area is 187 Å². The number of hydrogen-bond acceptors (Lipinski definition) is 6. The van der Waals surface area contributed by atoms with E-state index in [1.54, 1.807) is 26.2 Å². The fourth-order valence-corrected chi connectivity index (χ4v) is 4.03. The Morgan fingerprint density at radius 3 is 2.70 bits per heavy atom. The van der Waals surface area contributed by atoms with Crippen LogP contribution in [0.15, 0.2) is 48.7 Å². The topological polar surface area (TPSA) is 94.8 Å². The summed E-state index contributed by atoms with van der Waals surface area (Å²) in [5, 5.41) is 15.4. The Kier molecular flexibility index (Phi) is 5.04. The van der Waals surface area contributed by atoms with E-state index >= 15 is 0 Å². The molecule has 1 atom stereocenters. The van der Waals surface area contributed by atoms with Crippen molar-refractivity contribution in [2.45, 2.75) is 19.3 Å². The van der Waals surface area contributed by atoms with Crippen LogP contribution < -0.4 is 10.1 Å². The van der Waals surface area contributed by atoms with Gasteiger partial charge in [-0.25, -0.2) is 13.8 Å². The molecule has 0 radical (unpaired) electrons. The highest BCUT2D eigenvalue weighted by Gasteiger charge is 2.35. The number of hydrogen-bond donors (Lipinski definition) is 1. The van der Waals surface area contributed by atoms with Crippen LogP contribution in [0.2, 0.25) is 0 Å². The van der Waals surface area contributed by atoms with Crippen LogP contribution in [-0.4, -0.2) is 38.0 Å². The number of carbonyl (C=O) groups is 1. The van der Waals surface area contributed by atoms with Crippen molar-refractivity contribution in [3.05, 3.63) is 77.1 Å². The van der Waals surface area contributed by atoms with Crippen LogP contribution in [0.25, 0.3) is 17.2 Å². The predicted molar refractivity (Wildman–Crippen MR) is 115 cm³/mol. The standard InChI is InChI=1S/C23H18F2N6O2/c1-12-20-16(15-4-3-5-17(24)21(15)25)10-19(32)28-22(20)31(30-12)23-27-18(11-26-29-23)13-6-8-14(33-2)9-7-13/h3-9,11,16H,10H2,1-2H3,(H,28,32). The second-order valence-electron chi connectivity index (χ2n) is 7.58. The molecule has 3 heterocycles. The van der Waals surface area contributed by atoms with Gasteiger partial charge in [-0.1, -0.05) is 12.1 Å². The van der Waals surface area contributed by atoms with E-state index in [0.29, 0.717) is 28.5 Å². The minimum Gasteiger partial charge on any atom is -0.497 e. The summed E-state index contributed by atoms with van der Waals surface area (Å²) in [4.78, 5) is 17.1. The molecule has 0 aliphatic carbocycles. The van der Waals surface area contributed by atoms with Crippen LogP contribution in [-0.2, 0) is 4.79 Å². The molecular weight excluding hydrogens is 430 g/mol. The monoisotopic (exact) mass is 448 g/mol. The quantitative estimate of drug-likeness (QED) is 0.510. The lowest BCUT2D eigenvalue weighted by Gasteiger charge is -2.24. The molecule has 0 saturated heterocycles. The Hall–Kier alpha value is -4.21. The highest BCUT2D eigenvalue weighted by molar-refractivity contribution is 5.95. The molecule has 5 rings (SSSR count). The zero-order valence-electron chi connectivity index (χ0n) is 17.7. The normalized spacial score (nSPS) is 15.2. The molecule has 0 spiro atoms. The Balaban J connectivity index is 1.61. The molecule has 1 aliphatic heterocycles. The lowest BCUT2D eigenvalue weighted by Crippen LogP contribution is -2.26. The number of aromatic nitrogens is 5. The van der Waals surface area contributed by atoms with Crippen molar-refractivity contribution in [3.8, 4) is 23.0 Å². The van der Waals surface area contributed by atoms with Crippen molar-refractivity contribution in [2.75, 3.05) is 12.4 Å². The molecule has 1 amide bonds. The van der Waals surface area contributed by atoms with E-state index < -0.39 is 17.6 Å². The van der Waals surface area contributed by atoms with Crippen LogP contribution in [0.5, 0.6) is 5.75 Å². The van der Waals surface area contributed by atoms with Crippen molar-refractivity contribution in [2.24, 2.45) is 0 Å². The zero-order valence-corrected chi connectivity index (χ0v) is 17.7. The third-order valence-corrected chi connectivity index (χ3v) is 5.58. The number of aryl methyl sites for hydroxylation is 1. The summed E-state index contributed by atoms with van der Waals surface area (Å²) in [7, 11) is 1.58. The van der Waals surface area contributed by atoms with Crippen LogP contribution >= 0.6 is 0 Å². The average molecular weight is 448 g/mol. The van der Waals surface area contributed by atoms with Gasteiger partial charge in [-0.2, -0.15) is 14.9 Å². The minimum absolute atomic E-state index is 0.0368. The first-order chi connectivity index (χ1) is 16.0. The lowest BCUT2D eigenvalue weighted by molar-refractivity contribution is -0.116. The number of fused-ring (bicyclic) bond motifs is 1. The van der Waals surface area contributed by atoms with Gasteiger partial charge >= 0.3 is 0 Å². The van der Waals surface area contributed by atoms with Crippen molar-refractivity contribution in [1.29, 1.82) is 0 Å².